The third-order valence-corrected chi connectivity index (χ3v) is 3.44. The summed E-state index contributed by atoms with van der Waals surface area (Å²) in [7, 11) is 3.75. The molecule has 1 aromatic rings. The maximum atomic E-state index is 5.25. The Morgan fingerprint density at radius 3 is 2.53 bits per heavy atom. The number of nitrogens with one attached hydrogen (secondary N) is 1. The minimum Gasteiger partial charge on any atom is -0.497 e. The smallest absolute Gasteiger partial charge is 0.119 e. The zero-order valence-electron chi connectivity index (χ0n) is 11.7. The Balaban J connectivity index is 2.95. The number of hydrogen-bond donors (Lipinski definition) is 1. The molecule has 0 saturated carbocycles. The molecule has 96 valence electrons. The Labute approximate surface area is 105 Å². The zero-order chi connectivity index (χ0) is 12.8. The highest BCUT2D eigenvalue weighted by molar-refractivity contribution is 5.36. The van der Waals surface area contributed by atoms with Crippen LogP contribution in [0.5, 0.6) is 5.75 Å². The Bertz CT molecular complexity index is 349. The number of rotatable bonds is 6. The van der Waals surface area contributed by atoms with E-state index in [1.54, 1.807) is 7.11 Å². The molecule has 0 aliphatic rings. The van der Waals surface area contributed by atoms with E-state index in [0.29, 0.717) is 12.0 Å². The molecule has 1 rings (SSSR count). The molecule has 2 unspecified atom stereocenters. The summed E-state index contributed by atoms with van der Waals surface area (Å²) >= 11 is 0. The van der Waals surface area contributed by atoms with E-state index >= 15 is 0 Å². The molecule has 0 fully saturated rings. The van der Waals surface area contributed by atoms with Crippen molar-refractivity contribution in [2.75, 3.05) is 14.2 Å². The lowest BCUT2D eigenvalue weighted by Gasteiger charge is -2.25. The van der Waals surface area contributed by atoms with E-state index in [4.69, 9.17) is 4.74 Å². The first kappa shape index (κ1) is 14.0. The first-order valence-electron chi connectivity index (χ1n) is 6.45. The molecule has 17 heavy (non-hydrogen) atoms. The first-order valence-corrected chi connectivity index (χ1v) is 6.45. The van der Waals surface area contributed by atoms with Crippen LogP contribution in [0, 0.1) is 12.8 Å². The predicted octanol–water partition coefficient (Wildman–Crippen LogP) is 3.70. The molecule has 0 saturated heterocycles. The van der Waals surface area contributed by atoms with Crippen LogP contribution in [0.3, 0.4) is 0 Å². The maximum absolute atomic E-state index is 5.25. The van der Waals surface area contributed by atoms with Gasteiger partial charge in [-0.1, -0.05) is 26.3 Å². The van der Waals surface area contributed by atoms with Crippen molar-refractivity contribution in [3.63, 3.8) is 0 Å². The number of aryl methyl sites for hydroxylation is 1. The van der Waals surface area contributed by atoms with Gasteiger partial charge in [-0.3, -0.25) is 0 Å². The van der Waals surface area contributed by atoms with Crippen LogP contribution in [0.4, 0.5) is 0 Å². The summed E-state index contributed by atoms with van der Waals surface area (Å²) in [5.41, 5.74) is 2.68. The van der Waals surface area contributed by atoms with Crippen LogP contribution in [-0.4, -0.2) is 14.2 Å². The van der Waals surface area contributed by atoms with Crippen molar-refractivity contribution in [2.24, 2.45) is 5.92 Å². The highest BCUT2D eigenvalue weighted by atomic mass is 16.5. The van der Waals surface area contributed by atoms with Crippen molar-refractivity contribution in [3.8, 4) is 5.75 Å². The van der Waals surface area contributed by atoms with Crippen molar-refractivity contribution in [1.82, 2.24) is 5.32 Å². The van der Waals surface area contributed by atoms with Gasteiger partial charge in [0.2, 0.25) is 0 Å². The fraction of sp³-hybridized carbons (Fsp3) is 0.600. The second-order valence-corrected chi connectivity index (χ2v) is 4.75. The topological polar surface area (TPSA) is 21.3 Å². The molecule has 0 heterocycles. The molecule has 2 heteroatoms. The van der Waals surface area contributed by atoms with E-state index in [9.17, 15) is 0 Å². The third kappa shape index (κ3) is 3.47. The molecule has 0 bridgehead atoms. The standard InChI is InChI=1S/C15H25NO/c1-6-7-11(2)15(16-4)14-9-8-13(17-5)10-12(14)3/h8-11,15-16H,6-7H2,1-5H3. The molecule has 0 aliphatic carbocycles. The van der Waals surface area contributed by atoms with Crippen LogP contribution < -0.4 is 10.1 Å². The van der Waals surface area contributed by atoms with E-state index in [0.717, 1.165) is 5.75 Å². The second kappa shape index (κ2) is 6.65. The van der Waals surface area contributed by atoms with Gasteiger partial charge >= 0.3 is 0 Å². The largest absolute Gasteiger partial charge is 0.497 e. The van der Waals surface area contributed by atoms with Crippen molar-refractivity contribution in [3.05, 3.63) is 29.3 Å². The molecule has 0 amide bonds. The van der Waals surface area contributed by atoms with Gasteiger partial charge in [0.25, 0.3) is 0 Å². The first-order chi connectivity index (χ1) is 8.13. The summed E-state index contributed by atoms with van der Waals surface area (Å²) in [6, 6.07) is 6.77. The minimum atomic E-state index is 0.431. The fourth-order valence-corrected chi connectivity index (χ4v) is 2.49. The SMILES string of the molecule is CCCC(C)C(NC)c1ccc(OC)cc1C. The second-order valence-electron chi connectivity index (χ2n) is 4.75. The Kier molecular flexibility index (Phi) is 5.49. The van der Waals surface area contributed by atoms with E-state index in [1.165, 1.54) is 24.0 Å². The van der Waals surface area contributed by atoms with Gasteiger partial charge in [-0.05, 0) is 49.6 Å². The highest BCUT2D eigenvalue weighted by Crippen LogP contribution is 2.29. The number of hydrogen-bond acceptors (Lipinski definition) is 2. The van der Waals surface area contributed by atoms with Crippen LogP contribution in [0.2, 0.25) is 0 Å². The Morgan fingerprint density at radius 2 is 2.06 bits per heavy atom. The van der Waals surface area contributed by atoms with E-state index in [1.807, 2.05) is 13.1 Å². The number of benzene rings is 1. The average Bonchev–Trinajstić information content (AvgIpc) is 2.32. The highest BCUT2D eigenvalue weighted by Gasteiger charge is 2.18. The molecule has 0 aliphatic heterocycles. The van der Waals surface area contributed by atoms with E-state index in [2.05, 4.69) is 38.2 Å². The summed E-state index contributed by atoms with van der Waals surface area (Å²) in [4.78, 5) is 0. The van der Waals surface area contributed by atoms with Crippen molar-refractivity contribution >= 4 is 0 Å². The quantitative estimate of drug-likeness (QED) is 0.811. The Hall–Kier alpha value is -1.02. The molecule has 1 aromatic carbocycles. The maximum Gasteiger partial charge on any atom is 0.119 e. The van der Waals surface area contributed by atoms with Gasteiger partial charge in [0, 0.05) is 6.04 Å². The molecule has 0 aromatic heterocycles. The van der Waals surface area contributed by atoms with Crippen LogP contribution in [0.25, 0.3) is 0 Å². The normalized spacial score (nSPS) is 14.4. The lowest BCUT2D eigenvalue weighted by atomic mass is 9.89. The lowest BCUT2D eigenvalue weighted by molar-refractivity contribution is 0.381. The average molecular weight is 235 g/mol. The fourth-order valence-electron chi connectivity index (χ4n) is 2.49. The summed E-state index contributed by atoms with van der Waals surface area (Å²) in [6.07, 6.45) is 2.48. The molecule has 2 atom stereocenters. The molecule has 0 spiro atoms. The van der Waals surface area contributed by atoms with Crippen LogP contribution in [0.15, 0.2) is 18.2 Å². The molecule has 1 N–H and O–H groups in total. The summed E-state index contributed by atoms with van der Waals surface area (Å²) in [5, 5.41) is 3.44. The van der Waals surface area contributed by atoms with Crippen molar-refractivity contribution in [2.45, 2.75) is 39.7 Å². The predicted molar refractivity (Wildman–Crippen MR) is 73.6 cm³/mol. The zero-order valence-corrected chi connectivity index (χ0v) is 11.7. The number of methoxy groups -OCH3 is 1. The summed E-state index contributed by atoms with van der Waals surface area (Å²) < 4.78 is 5.25. The van der Waals surface area contributed by atoms with Crippen molar-refractivity contribution in [1.29, 1.82) is 0 Å². The lowest BCUT2D eigenvalue weighted by Crippen LogP contribution is -2.24. The van der Waals surface area contributed by atoms with E-state index < -0.39 is 0 Å². The van der Waals surface area contributed by atoms with Gasteiger partial charge in [-0.25, -0.2) is 0 Å². The monoisotopic (exact) mass is 235 g/mol. The van der Waals surface area contributed by atoms with Crippen molar-refractivity contribution < 1.29 is 4.74 Å². The van der Waals surface area contributed by atoms with Gasteiger partial charge in [0.15, 0.2) is 0 Å². The van der Waals surface area contributed by atoms with Gasteiger partial charge in [0.05, 0.1) is 7.11 Å². The summed E-state index contributed by atoms with van der Waals surface area (Å²) in [5.74, 6) is 1.58. The molecule has 2 nitrogen and oxygen atoms in total. The summed E-state index contributed by atoms with van der Waals surface area (Å²) in [6.45, 7) is 6.71. The Morgan fingerprint density at radius 1 is 1.35 bits per heavy atom. The molecule has 0 radical (unpaired) electrons. The van der Waals surface area contributed by atoms with Crippen LogP contribution in [-0.2, 0) is 0 Å². The van der Waals surface area contributed by atoms with Gasteiger partial charge in [0.1, 0.15) is 5.75 Å². The van der Waals surface area contributed by atoms with E-state index in [-0.39, 0.29) is 0 Å². The number of ether oxygens (including phenoxy) is 1. The van der Waals surface area contributed by atoms with Gasteiger partial charge in [-0.2, -0.15) is 0 Å². The third-order valence-electron chi connectivity index (χ3n) is 3.44. The van der Waals surface area contributed by atoms with Crippen LogP contribution >= 0.6 is 0 Å². The van der Waals surface area contributed by atoms with Crippen LogP contribution in [0.1, 0.15) is 43.9 Å². The van der Waals surface area contributed by atoms with Gasteiger partial charge < -0.3 is 10.1 Å². The molecular weight excluding hydrogens is 210 g/mol. The minimum absolute atomic E-state index is 0.431. The van der Waals surface area contributed by atoms with Gasteiger partial charge in [-0.15, -0.1) is 0 Å². The molecular formula is C15H25NO.